The van der Waals surface area contributed by atoms with E-state index in [4.69, 9.17) is 4.42 Å². The van der Waals surface area contributed by atoms with E-state index in [0.717, 1.165) is 23.3 Å². The Labute approximate surface area is 174 Å². The molecule has 1 aliphatic rings. The van der Waals surface area contributed by atoms with Crippen LogP contribution in [0.15, 0.2) is 57.1 Å². The van der Waals surface area contributed by atoms with Crippen molar-refractivity contribution in [3.05, 3.63) is 80.0 Å². The first kappa shape index (κ1) is 19.8. The topological polar surface area (TPSA) is 70.7 Å². The van der Waals surface area contributed by atoms with Crippen LogP contribution in [0, 0.1) is 5.92 Å². The summed E-state index contributed by atoms with van der Waals surface area (Å²) >= 11 is 1.59. The Balaban J connectivity index is 1.66. The summed E-state index contributed by atoms with van der Waals surface area (Å²) in [6.45, 7) is 2.01. The molecule has 4 nitrogen and oxygen atoms in total. The van der Waals surface area contributed by atoms with Crippen LogP contribution in [0.1, 0.15) is 66.2 Å². The molecule has 0 saturated heterocycles. The van der Waals surface area contributed by atoms with Crippen LogP contribution in [0.3, 0.4) is 0 Å². The number of hydrogen-bond acceptors (Lipinski definition) is 5. The third kappa shape index (κ3) is 4.56. The Morgan fingerprint density at radius 3 is 2.52 bits per heavy atom. The first-order valence-electron chi connectivity index (χ1n) is 10.2. The lowest BCUT2D eigenvalue weighted by Crippen LogP contribution is -2.16. The average molecular weight is 411 g/mol. The lowest BCUT2D eigenvalue weighted by molar-refractivity contribution is 0.372. The third-order valence-corrected chi connectivity index (χ3v) is 6.75. The highest BCUT2D eigenvalue weighted by Crippen LogP contribution is 2.41. The van der Waals surface area contributed by atoms with E-state index in [1.54, 1.807) is 29.5 Å². The van der Waals surface area contributed by atoms with Crippen LogP contribution in [-0.2, 0) is 6.42 Å². The molecule has 0 amide bonds. The molecule has 2 N–H and O–H groups in total. The van der Waals surface area contributed by atoms with Gasteiger partial charge in [-0.1, -0.05) is 38.0 Å². The molecule has 1 saturated carbocycles. The van der Waals surface area contributed by atoms with Crippen molar-refractivity contribution in [3.63, 3.8) is 0 Å². The highest BCUT2D eigenvalue weighted by molar-refractivity contribution is 7.10. The Morgan fingerprint density at radius 2 is 1.93 bits per heavy atom. The molecule has 0 aliphatic heterocycles. The molecule has 152 valence electrons. The van der Waals surface area contributed by atoms with E-state index in [0.29, 0.717) is 23.7 Å². The van der Waals surface area contributed by atoms with E-state index in [-0.39, 0.29) is 23.3 Å². The van der Waals surface area contributed by atoms with Gasteiger partial charge in [0.1, 0.15) is 17.3 Å². The fraction of sp³-hybridized carbons (Fsp3) is 0.375. The summed E-state index contributed by atoms with van der Waals surface area (Å²) in [5.74, 6) is 1.35. The molecule has 1 aromatic carbocycles. The molecule has 4 rings (SSSR count). The van der Waals surface area contributed by atoms with Crippen LogP contribution < -0.4 is 5.63 Å². The van der Waals surface area contributed by atoms with Crippen LogP contribution in [0.4, 0.5) is 0 Å². The number of thiophene rings is 1. The molecule has 0 radical (unpaired) electrons. The summed E-state index contributed by atoms with van der Waals surface area (Å²) in [6.07, 6.45) is 4.77. The molecular formula is C24H26O4S. The summed E-state index contributed by atoms with van der Waals surface area (Å²) in [6, 6.07) is 12.7. The van der Waals surface area contributed by atoms with Crippen molar-refractivity contribution in [3.8, 4) is 11.5 Å². The van der Waals surface area contributed by atoms with Gasteiger partial charge in [0.05, 0.1) is 5.56 Å². The highest BCUT2D eigenvalue weighted by Gasteiger charge is 2.30. The number of phenols is 1. The molecule has 3 aromatic rings. The largest absolute Gasteiger partial charge is 0.508 e. The minimum atomic E-state index is -0.438. The van der Waals surface area contributed by atoms with Gasteiger partial charge in [-0.25, -0.2) is 4.79 Å². The summed E-state index contributed by atoms with van der Waals surface area (Å²) in [5, 5.41) is 22.3. The van der Waals surface area contributed by atoms with Crippen LogP contribution in [0.25, 0.3) is 0 Å². The van der Waals surface area contributed by atoms with Gasteiger partial charge in [-0.05, 0) is 54.3 Å². The smallest absolute Gasteiger partial charge is 0.343 e. The van der Waals surface area contributed by atoms with E-state index in [9.17, 15) is 15.0 Å². The van der Waals surface area contributed by atoms with Gasteiger partial charge in [0, 0.05) is 22.8 Å². The summed E-state index contributed by atoms with van der Waals surface area (Å²) in [7, 11) is 0. The first-order chi connectivity index (χ1) is 14.0. The van der Waals surface area contributed by atoms with Crippen molar-refractivity contribution >= 4 is 11.3 Å². The molecule has 0 bridgehead atoms. The molecule has 1 fully saturated rings. The predicted molar refractivity (Wildman–Crippen MR) is 115 cm³/mol. The second kappa shape index (κ2) is 8.46. The minimum absolute atomic E-state index is 0.0292. The SMILES string of the molecule is CCC(c1cccs1)c1c(O)cc(C(Cc2ccc(O)cc2)CC2CC2)oc1=O. The van der Waals surface area contributed by atoms with Gasteiger partial charge < -0.3 is 14.6 Å². The van der Waals surface area contributed by atoms with E-state index in [2.05, 4.69) is 0 Å². The lowest BCUT2D eigenvalue weighted by Gasteiger charge is -2.19. The zero-order chi connectivity index (χ0) is 20.4. The summed E-state index contributed by atoms with van der Waals surface area (Å²) < 4.78 is 5.80. The van der Waals surface area contributed by atoms with Crippen molar-refractivity contribution in [1.82, 2.24) is 0 Å². The molecular weight excluding hydrogens is 384 g/mol. The average Bonchev–Trinajstić information content (AvgIpc) is 3.35. The van der Waals surface area contributed by atoms with Crippen molar-refractivity contribution in [2.24, 2.45) is 5.92 Å². The van der Waals surface area contributed by atoms with Gasteiger partial charge in [-0.2, -0.15) is 0 Å². The van der Waals surface area contributed by atoms with Gasteiger partial charge in [0.25, 0.3) is 0 Å². The standard InChI is InChI=1S/C24H26O4S/c1-2-19(22-4-3-11-29-22)23-20(26)14-21(28-24(23)27)17(12-15-5-6-15)13-16-7-9-18(25)10-8-16/h3-4,7-11,14-15,17,19,25-26H,2,5-6,12-13H2,1H3. The lowest BCUT2D eigenvalue weighted by atomic mass is 9.90. The Kier molecular flexibility index (Phi) is 5.76. The van der Waals surface area contributed by atoms with Crippen LogP contribution in [0.2, 0.25) is 0 Å². The quantitative estimate of drug-likeness (QED) is 0.494. The second-order valence-electron chi connectivity index (χ2n) is 7.96. The van der Waals surface area contributed by atoms with Gasteiger partial charge in [-0.15, -0.1) is 11.3 Å². The van der Waals surface area contributed by atoms with Crippen LogP contribution in [-0.4, -0.2) is 10.2 Å². The zero-order valence-corrected chi connectivity index (χ0v) is 17.3. The third-order valence-electron chi connectivity index (χ3n) is 5.76. The number of rotatable bonds is 8. The number of aromatic hydroxyl groups is 2. The molecule has 5 heteroatoms. The summed E-state index contributed by atoms with van der Waals surface area (Å²) in [4.78, 5) is 14.0. The molecule has 2 atom stereocenters. The van der Waals surface area contributed by atoms with Crippen LogP contribution >= 0.6 is 11.3 Å². The van der Waals surface area contributed by atoms with Gasteiger partial charge in [0.15, 0.2) is 0 Å². The maximum absolute atomic E-state index is 12.9. The van der Waals surface area contributed by atoms with Crippen molar-refractivity contribution in [2.75, 3.05) is 0 Å². The van der Waals surface area contributed by atoms with Gasteiger partial charge >= 0.3 is 5.63 Å². The highest BCUT2D eigenvalue weighted by atomic mass is 32.1. The van der Waals surface area contributed by atoms with E-state index in [1.807, 2.05) is 36.6 Å². The van der Waals surface area contributed by atoms with Crippen molar-refractivity contribution < 1.29 is 14.6 Å². The second-order valence-corrected chi connectivity index (χ2v) is 8.94. The van der Waals surface area contributed by atoms with Crippen molar-refractivity contribution in [2.45, 2.75) is 50.9 Å². The fourth-order valence-electron chi connectivity index (χ4n) is 4.04. The number of hydrogen-bond donors (Lipinski definition) is 2. The minimum Gasteiger partial charge on any atom is -0.508 e. The molecule has 2 aromatic heterocycles. The summed E-state index contributed by atoms with van der Waals surface area (Å²) in [5.41, 5.74) is 0.991. The van der Waals surface area contributed by atoms with Gasteiger partial charge in [0.2, 0.25) is 0 Å². The number of benzene rings is 1. The van der Waals surface area contributed by atoms with E-state index < -0.39 is 5.63 Å². The number of phenolic OH excluding ortho intramolecular Hbond substituents is 1. The maximum Gasteiger partial charge on any atom is 0.343 e. The Morgan fingerprint density at radius 1 is 1.17 bits per heavy atom. The fourth-order valence-corrected chi connectivity index (χ4v) is 4.96. The van der Waals surface area contributed by atoms with Gasteiger partial charge in [-0.3, -0.25) is 0 Å². The maximum atomic E-state index is 12.9. The van der Waals surface area contributed by atoms with Crippen molar-refractivity contribution in [1.29, 1.82) is 0 Å². The van der Waals surface area contributed by atoms with E-state index >= 15 is 0 Å². The normalized spacial score (nSPS) is 15.9. The Bertz CT molecular complexity index is 1000. The van der Waals surface area contributed by atoms with E-state index in [1.165, 1.54) is 12.8 Å². The molecule has 2 heterocycles. The predicted octanol–water partition coefficient (Wildman–Crippen LogP) is 5.78. The van der Waals surface area contributed by atoms with Crippen LogP contribution in [0.5, 0.6) is 11.5 Å². The monoisotopic (exact) mass is 410 g/mol. The Hall–Kier alpha value is -2.53. The zero-order valence-electron chi connectivity index (χ0n) is 16.5. The molecule has 0 spiro atoms. The molecule has 2 unspecified atom stereocenters. The molecule has 29 heavy (non-hydrogen) atoms. The first-order valence-corrected chi connectivity index (χ1v) is 11.1. The molecule has 1 aliphatic carbocycles.